The van der Waals surface area contributed by atoms with Gasteiger partial charge in [0.15, 0.2) is 16.1 Å². The predicted molar refractivity (Wildman–Crippen MR) is 106 cm³/mol. The highest BCUT2D eigenvalue weighted by molar-refractivity contribution is 7.17. The number of thiazole rings is 1. The van der Waals surface area contributed by atoms with E-state index in [1.165, 1.54) is 6.20 Å². The standard InChI is InChI=1S/C17H21ClFN5O4S/c1-2-9-13(18)23-14(21-9)15(25)22-10-3-5-24(8-11(10)28-6-4-19)17-20-7-12(29-17)16(26)27/h7,10-11H,2-6,8H2,1H3,(H,21,23)(H,22,25)(H,26,27)/t10-,11+/m1/s1. The first-order chi connectivity index (χ1) is 13.9. The Hall–Kier alpha value is -2.24. The molecule has 1 saturated heterocycles. The van der Waals surface area contributed by atoms with Crippen molar-refractivity contribution in [1.82, 2.24) is 20.3 Å². The molecule has 2 aromatic heterocycles. The molecule has 3 heterocycles. The third kappa shape index (κ3) is 5.03. The molecule has 1 fully saturated rings. The molecule has 0 bridgehead atoms. The summed E-state index contributed by atoms with van der Waals surface area (Å²) < 4.78 is 18.3. The number of carbonyl (C=O) groups excluding carboxylic acids is 1. The molecule has 0 unspecified atom stereocenters. The summed E-state index contributed by atoms with van der Waals surface area (Å²) in [6.45, 7) is 2.02. The number of aromatic carboxylic acids is 1. The fraction of sp³-hybridized carbons (Fsp3) is 0.529. The second-order valence-electron chi connectivity index (χ2n) is 6.43. The van der Waals surface area contributed by atoms with E-state index in [0.717, 1.165) is 11.3 Å². The summed E-state index contributed by atoms with van der Waals surface area (Å²) in [6, 6.07) is -0.363. The number of aryl methyl sites for hydroxylation is 1. The van der Waals surface area contributed by atoms with E-state index in [0.29, 0.717) is 36.8 Å². The molecule has 1 amide bonds. The van der Waals surface area contributed by atoms with E-state index in [1.54, 1.807) is 0 Å². The van der Waals surface area contributed by atoms with Gasteiger partial charge in [0.2, 0.25) is 0 Å². The molecule has 0 aliphatic carbocycles. The number of anilines is 1. The quantitative estimate of drug-likeness (QED) is 0.569. The van der Waals surface area contributed by atoms with Crippen molar-refractivity contribution in [2.45, 2.75) is 31.9 Å². The Morgan fingerprint density at radius 1 is 1.55 bits per heavy atom. The van der Waals surface area contributed by atoms with Crippen LogP contribution in [-0.2, 0) is 11.2 Å². The van der Waals surface area contributed by atoms with Crippen LogP contribution in [0.4, 0.5) is 9.52 Å². The van der Waals surface area contributed by atoms with Crippen LogP contribution in [0.5, 0.6) is 0 Å². The Balaban J connectivity index is 1.69. The Labute approximate surface area is 175 Å². The zero-order valence-corrected chi connectivity index (χ0v) is 17.2. The van der Waals surface area contributed by atoms with Crippen LogP contribution >= 0.6 is 22.9 Å². The average molecular weight is 446 g/mol. The van der Waals surface area contributed by atoms with Crippen LogP contribution in [0.3, 0.4) is 0 Å². The molecule has 2 atom stereocenters. The minimum atomic E-state index is -1.04. The van der Waals surface area contributed by atoms with Gasteiger partial charge in [0, 0.05) is 13.1 Å². The summed E-state index contributed by atoms with van der Waals surface area (Å²) in [5, 5.41) is 12.8. The van der Waals surface area contributed by atoms with Crippen LogP contribution < -0.4 is 10.2 Å². The number of aromatic nitrogens is 3. The van der Waals surface area contributed by atoms with Gasteiger partial charge in [-0.05, 0) is 12.8 Å². The number of hydrogen-bond acceptors (Lipinski definition) is 7. The van der Waals surface area contributed by atoms with Gasteiger partial charge in [-0.1, -0.05) is 29.9 Å². The number of carbonyl (C=O) groups is 2. The largest absolute Gasteiger partial charge is 0.477 e. The molecular weight excluding hydrogens is 425 g/mol. The van der Waals surface area contributed by atoms with Gasteiger partial charge in [-0.15, -0.1) is 0 Å². The van der Waals surface area contributed by atoms with Gasteiger partial charge in [-0.3, -0.25) is 4.79 Å². The van der Waals surface area contributed by atoms with Gasteiger partial charge in [0.1, 0.15) is 11.6 Å². The van der Waals surface area contributed by atoms with Gasteiger partial charge in [0.25, 0.3) is 5.91 Å². The van der Waals surface area contributed by atoms with Crippen LogP contribution in [-0.4, -0.2) is 70.5 Å². The molecule has 0 aromatic carbocycles. The Morgan fingerprint density at radius 2 is 2.34 bits per heavy atom. The highest BCUT2D eigenvalue weighted by Crippen LogP contribution is 2.27. The first kappa shape index (κ1) is 21.5. The monoisotopic (exact) mass is 445 g/mol. The van der Waals surface area contributed by atoms with E-state index in [1.807, 2.05) is 11.8 Å². The summed E-state index contributed by atoms with van der Waals surface area (Å²) in [6.07, 6.45) is 1.95. The van der Waals surface area contributed by atoms with E-state index in [4.69, 9.17) is 21.4 Å². The number of nitrogens with one attached hydrogen (secondary N) is 2. The average Bonchev–Trinajstić information content (AvgIpc) is 3.34. The van der Waals surface area contributed by atoms with Crippen molar-refractivity contribution >= 4 is 39.9 Å². The Bertz CT molecular complexity index is 876. The van der Waals surface area contributed by atoms with Crippen LogP contribution in [0.15, 0.2) is 6.20 Å². The smallest absolute Gasteiger partial charge is 0.347 e. The number of carboxylic acids is 1. The maximum atomic E-state index is 12.7. The lowest BCUT2D eigenvalue weighted by Gasteiger charge is -2.38. The first-order valence-electron chi connectivity index (χ1n) is 9.09. The number of hydrogen-bond donors (Lipinski definition) is 3. The topological polar surface area (TPSA) is 120 Å². The minimum Gasteiger partial charge on any atom is -0.477 e. The van der Waals surface area contributed by atoms with Crippen molar-refractivity contribution in [2.75, 3.05) is 31.3 Å². The number of nitrogens with zero attached hydrogens (tertiary/aromatic N) is 3. The van der Waals surface area contributed by atoms with E-state index in [-0.39, 0.29) is 28.5 Å². The summed E-state index contributed by atoms with van der Waals surface area (Å²) in [5.41, 5.74) is 0.676. The molecule has 1 aliphatic heterocycles. The summed E-state index contributed by atoms with van der Waals surface area (Å²) in [5.74, 6) is -1.34. The molecule has 0 saturated carbocycles. The molecule has 158 valence electrons. The number of carboxylic acid groups (broad SMARTS) is 1. The van der Waals surface area contributed by atoms with E-state index in [2.05, 4.69) is 20.3 Å². The van der Waals surface area contributed by atoms with Crippen molar-refractivity contribution < 1.29 is 23.8 Å². The van der Waals surface area contributed by atoms with Crippen LogP contribution in [0.1, 0.15) is 39.3 Å². The van der Waals surface area contributed by atoms with Gasteiger partial charge in [-0.2, -0.15) is 0 Å². The number of aromatic amines is 1. The second-order valence-corrected chi connectivity index (χ2v) is 7.80. The van der Waals surface area contributed by atoms with E-state index < -0.39 is 24.7 Å². The number of amides is 1. The molecule has 0 spiro atoms. The van der Waals surface area contributed by atoms with Crippen molar-refractivity contribution in [3.63, 3.8) is 0 Å². The zero-order valence-electron chi connectivity index (χ0n) is 15.7. The summed E-state index contributed by atoms with van der Waals surface area (Å²) in [4.78, 5) is 36.7. The fourth-order valence-corrected chi connectivity index (χ4v) is 4.15. The highest BCUT2D eigenvalue weighted by atomic mass is 35.5. The number of H-pyrrole nitrogens is 1. The lowest BCUT2D eigenvalue weighted by molar-refractivity contribution is 0.0140. The zero-order chi connectivity index (χ0) is 21.0. The number of alkyl halides is 1. The Kier molecular flexibility index (Phi) is 7.04. The van der Waals surface area contributed by atoms with Gasteiger partial charge in [0.05, 0.1) is 30.6 Å². The van der Waals surface area contributed by atoms with Gasteiger partial charge < -0.3 is 25.0 Å². The third-order valence-corrected chi connectivity index (χ3v) is 5.92. The SMILES string of the molecule is CCc1[nH]c(C(=O)N[C@@H]2CCN(c3ncc(C(=O)O)s3)C[C@@H]2OCCF)nc1Cl. The Morgan fingerprint density at radius 3 is 2.97 bits per heavy atom. The third-order valence-electron chi connectivity index (χ3n) is 4.56. The maximum Gasteiger partial charge on any atom is 0.347 e. The molecule has 12 heteroatoms. The van der Waals surface area contributed by atoms with Gasteiger partial charge >= 0.3 is 5.97 Å². The number of ether oxygens (including phenoxy) is 1. The van der Waals surface area contributed by atoms with Crippen molar-refractivity contribution in [2.24, 2.45) is 0 Å². The van der Waals surface area contributed by atoms with E-state index >= 15 is 0 Å². The first-order valence-corrected chi connectivity index (χ1v) is 10.3. The fourth-order valence-electron chi connectivity index (χ4n) is 3.10. The molecule has 29 heavy (non-hydrogen) atoms. The van der Waals surface area contributed by atoms with Crippen molar-refractivity contribution in [3.05, 3.63) is 27.7 Å². The second kappa shape index (κ2) is 9.51. The molecule has 3 N–H and O–H groups in total. The number of piperidine rings is 1. The molecule has 2 aromatic rings. The predicted octanol–water partition coefficient (Wildman–Crippen LogP) is 2.14. The lowest BCUT2D eigenvalue weighted by Crippen LogP contribution is -2.55. The van der Waals surface area contributed by atoms with Gasteiger partial charge in [-0.25, -0.2) is 19.2 Å². The molecule has 0 radical (unpaired) electrons. The van der Waals surface area contributed by atoms with Crippen molar-refractivity contribution in [1.29, 1.82) is 0 Å². The van der Waals surface area contributed by atoms with E-state index in [9.17, 15) is 14.0 Å². The highest BCUT2D eigenvalue weighted by Gasteiger charge is 2.33. The lowest BCUT2D eigenvalue weighted by atomic mass is 10.0. The summed E-state index contributed by atoms with van der Waals surface area (Å²) in [7, 11) is 0. The molecule has 9 nitrogen and oxygen atoms in total. The number of halogens is 2. The molecular formula is C17H21ClFN5O4S. The number of rotatable bonds is 8. The van der Waals surface area contributed by atoms with Crippen LogP contribution in [0, 0.1) is 0 Å². The minimum absolute atomic E-state index is 0.102. The molecule has 1 aliphatic rings. The van der Waals surface area contributed by atoms with Crippen LogP contribution in [0.25, 0.3) is 0 Å². The maximum absolute atomic E-state index is 12.7. The van der Waals surface area contributed by atoms with Crippen LogP contribution in [0.2, 0.25) is 5.15 Å². The summed E-state index contributed by atoms with van der Waals surface area (Å²) >= 11 is 7.06. The normalized spacial score (nSPS) is 19.3. The molecule has 3 rings (SSSR count). The van der Waals surface area contributed by atoms with Crippen molar-refractivity contribution in [3.8, 4) is 0 Å². The number of imidazole rings is 1.